The predicted molar refractivity (Wildman–Crippen MR) is 66.6 cm³/mol. The van der Waals surface area contributed by atoms with Gasteiger partial charge in [-0.3, -0.25) is 0 Å². The number of rotatable bonds is 8. The van der Waals surface area contributed by atoms with Crippen LogP contribution in [0, 0.1) is 0 Å². The monoisotopic (exact) mass is 227 g/mol. The molecule has 0 aromatic carbocycles. The van der Waals surface area contributed by atoms with E-state index < -0.39 is 0 Å². The van der Waals surface area contributed by atoms with Crippen molar-refractivity contribution in [1.82, 2.24) is 5.32 Å². The van der Waals surface area contributed by atoms with Crippen LogP contribution in [0.4, 0.5) is 0 Å². The molecule has 1 aromatic rings. The predicted octanol–water partition coefficient (Wildman–Crippen LogP) is 2.70. The maximum atomic E-state index is 5.14. The summed E-state index contributed by atoms with van der Waals surface area (Å²) in [5.74, 6) is 0. The first-order valence-electron chi connectivity index (χ1n) is 5.61. The Hall–Kier alpha value is -0.380. The van der Waals surface area contributed by atoms with Crippen molar-refractivity contribution in [3.05, 3.63) is 22.4 Å². The van der Waals surface area contributed by atoms with Crippen molar-refractivity contribution in [2.24, 2.45) is 0 Å². The van der Waals surface area contributed by atoms with E-state index in [0.717, 1.165) is 19.6 Å². The molecule has 1 N–H and O–H groups in total. The summed E-state index contributed by atoms with van der Waals surface area (Å²) in [6, 6.07) is 4.84. The van der Waals surface area contributed by atoms with Crippen LogP contribution < -0.4 is 5.32 Å². The molecule has 0 fully saturated rings. The van der Waals surface area contributed by atoms with Crippen LogP contribution in [0.25, 0.3) is 0 Å². The summed E-state index contributed by atoms with van der Waals surface area (Å²) in [5.41, 5.74) is 0. The van der Waals surface area contributed by atoms with Gasteiger partial charge < -0.3 is 10.1 Å². The van der Waals surface area contributed by atoms with Crippen LogP contribution in [0.1, 0.15) is 24.6 Å². The number of hydrogen-bond acceptors (Lipinski definition) is 3. The van der Waals surface area contributed by atoms with Crippen LogP contribution >= 0.6 is 11.3 Å². The highest BCUT2D eigenvalue weighted by molar-refractivity contribution is 7.09. The smallest absolute Gasteiger partial charge is 0.0615 e. The van der Waals surface area contributed by atoms with Crippen molar-refractivity contribution in [2.45, 2.75) is 32.2 Å². The molecule has 1 unspecified atom stereocenters. The van der Waals surface area contributed by atoms with Gasteiger partial charge in [-0.15, -0.1) is 11.3 Å². The van der Waals surface area contributed by atoms with Crippen LogP contribution in [0.5, 0.6) is 0 Å². The summed E-state index contributed by atoms with van der Waals surface area (Å²) in [6.07, 6.45) is 3.53. The molecule has 1 heterocycles. The molecule has 0 spiro atoms. The van der Waals surface area contributed by atoms with Gasteiger partial charge in [0.2, 0.25) is 0 Å². The molecule has 0 bridgehead atoms. The summed E-state index contributed by atoms with van der Waals surface area (Å²) >= 11 is 1.85. The van der Waals surface area contributed by atoms with Crippen LogP contribution in [-0.2, 0) is 11.2 Å². The molecule has 0 saturated heterocycles. The summed E-state index contributed by atoms with van der Waals surface area (Å²) in [6.45, 7) is 4.09. The average Bonchev–Trinajstić information content (AvgIpc) is 2.75. The standard InChI is InChI=1S/C12H21NOS/c1-3-11(10-14-2)13-8-4-6-12-7-5-9-15-12/h5,7,9,11,13H,3-4,6,8,10H2,1-2H3. The molecule has 1 atom stereocenters. The van der Waals surface area contributed by atoms with E-state index >= 15 is 0 Å². The van der Waals surface area contributed by atoms with Crippen molar-refractivity contribution >= 4 is 11.3 Å². The van der Waals surface area contributed by atoms with E-state index in [1.807, 2.05) is 11.3 Å². The number of thiophene rings is 1. The summed E-state index contributed by atoms with van der Waals surface area (Å²) in [5, 5.41) is 5.65. The van der Waals surface area contributed by atoms with Crippen molar-refractivity contribution < 1.29 is 4.74 Å². The molecule has 0 aliphatic heterocycles. The van der Waals surface area contributed by atoms with Crippen molar-refractivity contribution in [2.75, 3.05) is 20.3 Å². The Bertz CT molecular complexity index is 236. The van der Waals surface area contributed by atoms with Gasteiger partial charge in [0, 0.05) is 18.0 Å². The van der Waals surface area contributed by atoms with Gasteiger partial charge in [0.1, 0.15) is 0 Å². The highest BCUT2D eigenvalue weighted by atomic mass is 32.1. The Morgan fingerprint density at radius 1 is 1.53 bits per heavy atom. The molecule has 15 heavy (non-hydrogen) atoms. The number of aryl methyl sites for hydroxylation is 1. The molecule has 0 saturated carbocycles. The fraction of sp³-hybridized carbons (Fsp3) is 0.667. The van der Waals surface area contributed by atoms with Gasteiger partial charge in [0.15, 0.2) is 0 Å². The Labute approximate surface area is 96.7 Å². The highest BCUT2D eigenvalue weighted by Gasteiger charge is 2.03. The molecule has 1 rings (SSSR count). The van der Waals surface area contributed by atoms with Crippen molar-refractivity contribution in [1.29, 1.82) is 0 Å². The van der Waals surface area contributed by atoms with E-state index in [1.165, 1.54) is 17.7 Å². The normalized spacial score (nSPS) is 12.9. The highest BCUT2D eigenvalue weighted by Crippen LogP contribution is 2.10. The average molecular weight is 227 g/mol. The molecule has 86 valence electrons. The van der Waals surface area contributed by atoms with Crippen molar-refractivity contribution in [3.63, 3.8) is 0 Å². The second-order valence-corrected chi connectivity index (χ2v) is 4.73. The Balaban J connectivity index is 2.05. The molecule has 0 amide bonds. The molecule has 0 radical (unpaired) electrons. The van der Waals surface area contributed by atoms with E-state index in [2.05, 4.69) is 29.8 Å². The molecular weight excluding hydrogens is 206 g/mol. The minimum atomic E-state index is 0.512. The van der Waals surface area contributed by atoms with Crippen molar-refractivity contribution in [3.8, 4) is 0 Å². The van der Waals surface area contributed by atoms with E-state index in [0.29, 0.717) is 6.04 Å². The van der Waals surface area contributed by atoms with E-state index in [4.69, 9.17) is 4.74 Å². The summed E-state index contributed by atoms with van der Waals surface area (Å²) in [4.78, 5) is 1.48. The molecule has 2 nitrogen and oxygen atoms in total. The van der Waals surface area contributed by atoms with Gasteiger partial charge in [-0.2, -0.15) is 0 Å². The van der Waals surface area contributed by atoms with Crippen LogP contribution in [0.3, 0.4) is 0 Å². The first kappa shape index (κ1) is 12.7. The third kappa shape index (κ3) is 5.30. The fourth-order valence-corrected chi connectivity index (χ4v) is 2.30. The maximum absolute atomic E-state index is 5.14. The fourth-order valence-electron chi connectivity index (χ4n) is 1.55. The maximum Gasteiger partial charge on any atom is 0.0615 e. The second-order valence-electron chi connectivity index (χ2n) is 3.70. The van der Waals surface area contributed by atoms with E-state index in [9.17, 15) is 0 Å². The SMILES string of the molecule is CCC(COC)NCCCc1cccs1. The van der Waals surface area contributed by atoms with Crippen LogP contribution in [0.15, 0.2) is 17.5 Å². The molecule has 1 aromatic heterocycles. The lowest BCUT2D eigenvalue weighted by Gasteiger charge is -2.15. The Kier molecular flexibility index (Phi) is 6.64. The molecule has 0 aliphatic rings. The zero-order valence-electron chi connectivity index (χ0n) is 9.66. The third-order valence-corrected chi connectivity index (χ3v) is 3.41. The van der Waals surface area contributed by atoms with Gasteiger partial charge in [-0.1, -0.05) is 13.0 Å². The molecule has 0 aliphatic carbocycles. The van der Waals surface area contributed by atoms with Crippen LogP contribution in [0.2, 0.25) is 0 Å². The van der Waals surface area contributed by atoms with Gasteiger partial charge in [0.05, 0.1) is 6.61 Å². The number of ether oxygens (including phenoxy) is 1. The lowest BCUT2D eigenvalue weighted by molar-refractivity contribution is 0.164. The Morgan fingerprint density at radius 2 is 2.40 bits per heavy atom. The third-order valence-electron chi connectivity index (χ3n) is 2.47. The van der Waals surface area contributed by atoms with Gasteiger partial charge in [-0.05, 0) is 37.3 Å². The summed E-state index contributed by atoms with van der Waals surface area (Å²) in [7, 11) is 1.76. The van der Waals surface area contributed by atoms with Gasteiger partial charge in [0.25, 0.3) is 0 Å². The molecular formula is C12H21NOS. The Morgan fingerprint density at radius 3 is 3.00 bits per heavy atom. The lowest BCUT2D eigenvalue weighted by atomic mass is 10.2. The minimum Gasteiger partial charge on any atom is -0.383 e. The largest absolute Gasteiger partial charge is 0.383 e. The first-order chi connectivity index (χ1) is 7.36. The zero-order chi connectivity index (χ0) is 10.9. The first-order valence-corrected chi connectivity index (χ1v) is 6.49. The molecule has 3 heteroatoms. The lowest BCUT2D eigenvalue weighted by Crippen LogP contribution is -2.33. The zero-order valence-corrected chi connectivity index (χ0v) is 10.5. The van der Waals surface area contributed by atoms with E-state index in [1.54, 1.807) is 7.11 Å². The quantitative estimate of drug-likeness (QED) is 0.689. The minimum absolute atomic E-state index is 0.512. The van der Waals surface area contributed by atoms with Gasteiger partial charge in [-0.25, -0.2) is 0 Å². The topological polar surface area (TPSA) is 21.3 Å². The number of nitrogens with one attached hydrogen (secondary N) is 1. The number of methoxy groups -OCH3 is 1. The van der Waals surface area contributed by atoms with Crippen LogP contribution in [-0.4, -0.2) is 26.3 Å². The number of hydrogen-bond donors (Lipinski definition) is 1. The van der Waals surface area contributed by atoms with E-state index in [-0.39, 0.29) is 0 Å². The summed E-state index contributed by atoms with van der Waals surface area (Å²) < 4.78 is 5.14. The van der Waals surface area contributed by atoms with Gasteiger partial charge >= 0.3 is 0 Å². The second kappa shape index (κ2) is 7.85.